The zero-order valence-electron chi connectivity index (χ0n) is 10.4. The number of rotatable bonds is 1. The molecular formula is C14H15BrN2O2. The van der Waals surface area contributed by atoms with Crippen molar-refractivity contribution in [3.05, 3.63) is 27.7 Å². The Hall–Kier alpha value is -1.49. The van der Waals surface area contributed by atoms with Gasteiger partial charge in [-0.3, -0.25) is 0 Å². The number of aryl methyl sites for hydroxylation is 1. The topological polar surface area (TPSA) is 72.3 Å². The quantitative estimate of drug-likeness (QED) is 0.786. The number of hydrogen-bond acceptors (Lipinski definition) is 4. The first-order chi connectivity index (χ1) is 9.16. The van der Waals surface area contributed by atoms with Gasteiger partial charge in [0.05, 0.1) is 10.0 Å². The highest BCUT2D eigenvalue weighted by molar-refractivity contribution is 9.10. The highest BCUT2D eigenvalue weighted by Crippen LogP contribution is 2.42. The van der Waals surface area contributed by atoms with Gasteiger partial charge in [0.15, 0.2) is 0 Å². The first kappa shape index (κ1) is 12.5. The van der Waals surface area contributed by atoms with Crippen LogP contribution in [0, 0.1) is 0 Å². The third kappa shape index (κ3) is 2.23. The van der Waals surface area contributed by atoms with Crippen molar-refractivity contribution in [3.63, 3.8) is 0 Å². The zero-order chi connectivity index (χ0) is 13.4. The summed E-state index contributed by atoms with van der Waals surface area (Å²) >= 11 is 3.42. The molecule has 0 atom stereocenters. The molecule has 2 aromatic rings. The smallest absolute Gasteiger partial charge is 0.222 e. The van der Waals surface area contributed by atoms with Crippen molar-refractivity contribution in [2.75, 3.05) is 5.73 Å². The van der Waals surface area contributed by atoms with E-state index in [1.807, 2.05) is 6.07 Å². The second-order valence-corrected chi connectivity index (χ2v) is 5.75. The molecule has 4 nitrogen and oxygen atoms in total. The molecule has 0 unspecified atom stereocenters. The minimum Gasteiger partial charge on any atom is -0.506 e. The predicted octanol–water partition coefficient (Wildman–Crippen LogP) is 3.66. The Morgan fingerprint density at radius 2 is 2.00 bits per heavy atom. The monoisotopic (exact) mass is 322 g/mol. The second-order valence-electron chi connectivity index (χ2n) is 4.89. The van der Waals surface area contributed by atoms with E-state index in [0.29, 0.717) is 10.2 Å². The number of aromatic hydroxyl groups is 1. The molecular weight excluding hydrogens is 308 g/mol. The molecule has 0 fully saturated rings. The van der Waals surface area contributed by atoms with Gasteiger partial charge >= 0.3 is 0 Å². The van der Waals surface area contributed by atoms with E-state index in [2.05, 4.69) is 21.1 Å². The summed E-state index contributed by atoms with van der Waals surface area (Å²) in [5.74, 6) is 0.477. The highest BCUT2D eigenvalue weighted by atomic mass is 79.9. The van der Waals surface area contributed by atoms with Crippen molar-refractivity contribution in [2.24, 2.45) is 0 Å². The highest BCUT2D eigenvalue weighted by Gasteiger charge is 2.21. The third-order valence-electron chi connectivity index (χ3n) is 3.61. The number of nitrogens with zero attached hydrogens (tertiary/aromatic N) is 1. The van der Waals surface area contributed by atoms with Gasteiger partial charge < -0.3 is 15.4 Å². The molecule has 3 rings (SSSR count). The van der Waals surface area contributed by atoms with Gasteiger partial charge in [-0.25, -0.2) is 0 Å². The fraction of sp³-hybridized carbons (Fsp3) is 0.357. The standard InChI is InChI=1S/C14H15BrN2O2/c15-10-6-8-4-2-1-3-5-9(8)13(14(10)18)11-7-12(16)19-17-11/h6-7,18H,1-5,16H2. The van der Waals surface area contributed by atoms with Crippen LogP contribution in [0.1, 0.15) is 30.4 Å². The Kier molecular flexibility index (Phi) is 3.22. The summed E-state index contributed by atoms with van der Waals surface area (Å²) in [7, 11) is 0. The van der Waals surface area contributed by atoms with Crippen LogP contribution in [0.3, 0.4) is 0 Å². The van der Waals surface area contributed by atoms with Crippen molar-refractivity contribution in [1.29, 1.82) is 0 Å². The van der Waals surface area contributed by atoms with Crippen molar-refractivity contribution in [3.8, 4) is 17.0 Å². The lowest BCUT2D eigenvalue weighted by Crippen LogP contribution is -1.97. The van der Waals surface area contributed by atoms with E-state index in [4.69, 9.17) is 10.3 Å². The Balaban J connectivity index is 2.24. The number of aromatic nitrogens is 1. The number of benzene rings is 1. The Bertz CT molecular complexity index is 622. The van der Waals surface area contributed by atoms with Gasteiger partial charge in [-0.15, -0.1) is 0 Å². The molecule has 1 aromatic heterocycles. The number of phenols is 1. The van der Waals surface area contributed by atoms with Gasteiger partial charge in [-0.05, 0) is 58.8 Å². The van der Waals surface area contributed by atoms with Crippen LogP contribution in [0.5, 0.6) is 5.75 Å². The molecule has 1 heterocycles. The molecule has 0 aliphatic heterocycles. The lowest BCUT2D eigenvalue weighted by atomic mass is 9.94. The third-order valence-corrected chi connectivity index (χ3v) is 4.22. The summed E-state index contributed by atoms with van der Waals surface area (Å²) in [6.45, 7) is 0. The molecule has 0 radical (unpaired) electrons. The van der Waals surface area contributed by atoms with E-state index in [9.17, 15) is 5.11 Å². The van der Waals surface area contributed by atoms with Crippen LogP contribution in [0.15, 0.2) is 21.1 Å². The van der Waals surface area contributed by atoms with Crippen molar-refractivity contribution in [2.45, 2.75) is 32.1 Å². The molecule has 1 aromatic carbocycles. The van der Waals surface area contributed by atoms with Gasteiger partial charge in [0, 0.05) is 6.07 Å². The molecule has 0 bridgehead atoms. The molecule has 0 spiro atoms. The fourth-order valence-electron chi connectivity index (χ4n) is 2.72. The normalized spacial score (nSPS) is 15.0. The molecule has 0 saturated heterocycles. The van der Waals surface area contributed by atoms with Crippen LogP contribution in [0.4, 0.5) is 5.88 Å². The maximum absolute atomic E-state index is 10.3. The SMILES string of the molecule is Nc1cc(-c2c(O)c(Br)cc3c2CCCCC3)no1. The maximum atomic E-state index is 10.3. The van der Waals surface area contributed by atoms with Crippen LogP contribution in [0.2, 0.25) is 0 Å². The van der Waals surface area contributed by atoms with Crippen LogP contribution >= 0.6 is 15.9 Å². The molecule has 0 saturated carbocycles. The maximum Gasteiger partial charge on any atom is 0.222 e. The van der Waals surface area contributed by atoms with Gasteiger partial charge in [0.1, 0.15) is 11.4 Å². The summed E-state index contributed by atoms with van der Waals surface area (Å²) < 4.78 is 5.64. The minimum atomic E-state index is 0.217. The summed E-state index contributed by atoms with van der Waals surface area (Å²) in [4.78, 5) is 0. The number of anilines is 1. The fourth-order valence-corrected chi connectivity index (χ4v) is 3.19. The Morgan fingerprint density at radius 1 is 1.21 bits per heavy atom. The molecule has 1 aliphatic carbocycles. The largest absolute Gasteiger partial charge is 0.506 e. The number of hydrogen-bond donors (Lipinski definition) is 2. The van der Waals surface area contributed by atoms with Crippen LogP contribution in [0.25, 0.3) is 11.3 Å². The van der Waals surface area contributed by atoms with Gasteiger partial charge in [0.2, 0.25) is 5.88 Å². The van der Waals surface area contributed by atoms with Crippen molar-refractivity contribution >= 4 is 21.8 Å². The molecule has 3 N–H and O–H groups in total. The average Bonchev–Trinajstić information content (AvgIpc) is 2.67. The van der Waals surface area contributed by atoms with E-state index in [0.717, 1.165) is 24.8 Å². The minimum absolute atomic E-state index is 0.217. The average molecular weight is 323 g/mol. The van der Waals surface area contributed by atoms with Crippen LogP contribution in [-0.4, -0.2) is 10.3 Å². The molecule has 0 amide bonds. The molecule has 100 valence electrons. The number of nitrogens with two attached hydrogens (primary N) is 1. The van der Waals surface area contributed by atoms with E-state index in [1.54, 1.807) is 6.07 Å². The second kappa shape index (κ2) is 4.89. The number of halogens is 1. The van der Waals surface area contributed by atoms with Crippen molar-refractivity contribution < 1.29 is 9.63 Å². The number of nitrogen functional groups attached to an aromatic ring is 1. The Morgan fingerprint density at radius 3 is 2.74 bits per heavy atom. The predicted molar refractivity (Wildman–Crippen MR) is 77.0 cm³/mol. The molecule has 1 aliphatic rings. The zero-order valence-corrected chi connectivity index (χ0v) is 12.0. The summed E-state index contributed by atoms with van der Waals surface area (Å²) in [6.07, 6.45) is 5.53. The van der Waals surface area contributed by atoms with E-state index >= 15 is 0 Å². The first-order valence-corrected chi connectivity index (χ1v) is 7.22. The van der Waals surface area contributed by atoms with E-state index in [-0.39, 0.29) is 11.6 Å². The van der Waals surface area contributed by atoms with E-state index in [1.165, 1.54) is 24.0 Å². The number of fused-ring (bicyclic) bond motifs is 1. The first-order valence-electron chi connectivity index (χ1n) is 6.42. The Labute approximate surface area is 119 Å². The van der Waals surface area contributed by atoms with Crippen LogP contribution in [-0.2, 0) is 12.8 Å². The number of phenolic OH excluding ortho intramolecular Hbond substituents is 1. The van der Waals surface area contributed by atoms with Gasteiger partial charge in [-0.2, -0.15) is 0 Å². The summed E-state index contributed by atoms with van der Waals surface area (Å²) in [6, 6.07) is 3.68. The lowest BCUT2D eigenvalue weighted by molar-refractivity contribution is 0.437. The van der Waals surface area contributed by atoms with Gasteiger partial charge in [0.25, 0.3) is 0 Å². The molecule has 5 heteroatoms. The summed E-state index contributed by atoms with van der Waals surface area (Å²) in [5.41, 5.74) is 9.40. The van der Waals surface area contributed by atoms with Gasteiger partial charge in [-0.1, -0.05) is 11.6 Å². The van der Waals surface area contributed by atoms with E-state index < -0.39 is 0 Å². The lowest BCUT2D eigenvalue weighted by Gasteiger charge is -2.14. The summed E-state index contributed by atoms with van der Waals surface area (Å²) in [5, 5.41) is 14.3. The molecule has 19 heavy (non-hydrogen) atoms. The van der Waals surface area contributed by atoms with Crippen LogP contribution < -0.4 is 5.73 Å². The van der Waals surface area contributed by atoms with Crippen molar-refractivity contribution in [1.82, 2.24) is 5.16 Å².